The average Bonchev–Trinajstić information content (AvgIpc) is 2.47. The van der Waals surface area contributed by atoms with Crippen LogP contribution in [-0.2, 0) is 6.42 Å². The smallest absolute Gasteiger partial charge is 0.160 e. The molecule has 1 atom stereocenters. The summed E-state index contributed by atoms with van der Waals surface area (Å²) in [5.74, 6) is 7.63. The van der Waals surface area contributed by atoms with Gasteiger partial charge in [-0.25, -0.2) is 0 Å². The third kappa shape index (κ3) is 5.14. The molecule has 0 aliphatic rings. The second-order valence-electron chi connectivity index (χ2n) is 4.61. The molecule has 0 spiro atoms. The highest BCUT2D eigenvalue weighted by Gasteiger charge is 2.10. The van der Waals surface area contributed by atoms with Gasteiger partial charge in [-0.05, 0) is 44.0 Å². The van der Waals surface area contributed by atoms with Crippen molar-refractivity contribution < 1.29 is 9.47 Å². The van der Waals surface area contributed by atoms with Gasteiger partial charge in [0, 0.05) is 12.5 Å². The van der Waals surface area contributed by atoms with Crippen LogP contribution >= 0.6 is 0 Å². The van der Waals surface area contributed by atoms with Crippen LogP contribution in [0.15, 0.2) is 18.2 Å². The Kier molecular flexibility index (Phi) is 7.60. The lowest BCUT2D eigenvalue weighted by Gasteiger charge is -2.18. The molecule has 0 fully saturated rings. The Hall–Kier alpha value is -1.66. The Balaban J connectivity index is 2.73. The zero-order valence-corrected chi connectivity index (χ0v) is 13.0. The molecule has 0 aromatic heterocycles. The molecule has 0 radical (unpaired) electrons. The summed E-state index contributed by atoms with van der Waals surface area (Å²) in [6, 6.07) is 6.55. The van der Waals surface area contributed by atoms with Crippen LogP contribution in [0.1, 0.15) is 32.3 Å². The number of benzene rings is 1. The summed E-state index contributed by atoms with van der Waals surface area (Å²) >= 11 is 0. The average molecular weight is 275 g/mol. The maximum Gasteiger partial charge on any atom is 0.160 e. The van der Waals surface area contributed by atoms with E-state index in [4.69, 9.17) is 9.47 Å². The maximum atomic E-state index is 5.35. The van der Waals surface area contributed by atoms with Gasteiger partial charge in [0.15, 0.2) is 11.5 Å². The fourth-order valence-electron chi connectivity index (χ4n) is 2.23. The summed E-state index contributed by atoms with van der Waals surface area (Å²) in [6.45, 7) is 4.99. The molecular formula is C17H25NO2. The van der Waals surface area contributed by atoms with E-state index >= 15 is 0 Å². The normalized spacial score (nSPS) is 11.4. The minimum absolute atomic E-state index is 0.443. The number of hydrogen-bond acceptors (Lipinski definition) is 3. The summed E-state index contributed by atoms with van der Waals surface area (Å²) in [4.78, 5) is 0. The van der Waals surface area contributed by atoms with Crippen LogP contribution in [0, 0.1) is 11.8 Å². The third-order valence-electron chi connectivity index (χ3n) is 3.22. The van der Waals surface area contributed by atoms with Gasteiger partial charge in [-0.15, -0.1) is 11.8 Å². The van der Waals surface area contributed by atoms with E-state index < -0.39 is 0 Å². The molecule has 1 N–H and O–H groups in total. The summed E-state index contributed by atoms with van der Waals surface area (Å²) in [5, 5.41) is 3.52. The fraction of sp³-hybridized carbons (Fsp3) is 0.529. The highest BCUT2D eigenvalue weighted by Crippen LogP contribution is 2.28. The van der Waals surface area contributed by atoms with Gasteiger partial charge < -0.3 is 14.8 Å². The number of likely N-dealkylation sites (N-methyl/N-ethyl adjacent to an activating group) is 1. The monoisotopic (exact) mass is 275 g/mol. The number of hydrogen-bond donors (Lipinski definition) is 1. The minimum Gasteiger partial charge on any atom is -0.493 e. The molecule has 110 valence electrons. The first-order valence-corrected chi connectivity index (χ1v) is 7.09. The molecular weight excluding hydrogens is 250 g/mol. The van der Waals surface area contributed by atoms with Gasteiger partial charge in [0.2, 0.25) is 0 Å². The second-order valence-corrected chi connectivity index (χ2v) is 4.61. The molecule has 1 rings (SSSR count). The van der Waals surface area contributed by atoms with Gasteiger partial charge in [0.1, 0.15) is 0 Å². The number of rotatable bonds is 8. The molecule has 0 amide bonds. The molecule has 0 aliphatic heterocycles. The van der Waals surface area contributed by atoms with E-state index in [-0.39, 0.29) is 0 Å². The predicted octanol–water partition coefficient (Wildman–Crippen LogP) is 3.03. The van der Waals surface area contributed by atoms with E-state index in [0.29, 0.717) is 6.04 Å². The van der Waals surface area contributed by atoms with Crippen molar-refractivity contribution in [2.24, 2.45) is 0 Å². The maximum absolute atomic E-state index is 5.35. The quantitative estimate of drug-likeness (QED) is 0.740. The molecule has 1 unspecified atom stereocenters. The molecule has 3 nitrogen and oxygen atoms in total. The molecule has 20 heavy (non-hydrogen) atoms. The standard InChI is InChI=1S/C17H25NO2/c1-5-7-8-9-15(18-6-2)12-14-10-11-16(19-3)17(13-14)20-4/h10-11,13,15,18H,6,8-9,12H2,1-4H3. The largest absolute Gasteiger partial charge is 0.493 e. The van der Waals surface area contributed by atoms with E-state index in [1.54, 1.807) is 14.2 Å². The zero-order valence-electron chi connectivity index (χ0n) is 13.0. The first kappa shape index (κ1) is 16.4. The van der Waals surface area contributed by atoms with Crippen LogP contribution in [-0.4, -0.2) is 26.8 Å². The molecule has 0 aliphatic carbocycles. The van der Waals surface area contributed by atoms with E-state index in [0.717, 1.165) is 37.3 Å². The van der Waals surface area contributed by atoms with Gasteiger partial charge in [-0.1, -0.05) is 13.0 Å². The highest BCUT2D eigenvalue weighted by atomic mass is 16.5. The molecule has 0 saturated heterocycles. The van der Waals surface area contributed by atoms with Crippen molar-refractivity contribution in [3.05, 3.63) is 23.8 Å². The van der Waals surface area contributed by atoms with Crippen molar-refractivity contribution in [3.63, 3.8) is 0 Å². The van der Waals surface area contributed by atoms with Crippen molar-refractivity contribution in [1.29, 1.82) is 0 Å². The van der Waals surface area contributed by atoms with Gasteiger partial charge >= 0.3 is 0 Å². The SMILES string of the molecule is CC#CCCC(Cc1ccc(OC)c(OC)c1)NCC. The van der Waals surface area contributed by atoms with Gasteiger partial charge in [-0.2, -0.15) is 0 Å². The van der Waals surface area contributed by atoms with Gasteiger partial charge in [0.05, 0.1) is 14.2 Å². The molecule has 1 aromatic rings. The third-order valence-corrected chi connectivity index (χ3v) is 3.22. The van der Waals surface area contributed by atoms with Gasteiger partial charge in [0.25, 0.3) is 0 Å². The Bertz CT molecular complexity index is 460. The topological polar surface area (TPSA) is 30.5 Å². The first-order valence-electron chi connectivity index (χ1n) is 7.09. The summed E-state index contributed by atoms with van der Waals surface area (Å²) < 4.78 is 10.6. The summed E-state index contributed by atoms with van der Waals surface area (Å²) in [7, 11) is 3.32. The predicted molar refractivity (Wildman–Crippen MR) is 83.4 cm³/mol. The lowest BCUT2D eigenvalue weighted by molar-refractivity contribution is 0.354. The molecule has 0 bridgehead atoms. The number of methoxy groups -OCH3 is 2. The van der Waals surface area contributed by atoms with E-state index in [1.165, 1.54) is 5.56 Å². The Morgan fingerprint density at radius 3 is 2.55 bits per heavy atom. The minimum atomic E-state index is 0.443. The molecule has 0 saturated carbocycles. The van der Waals surface area contributed by atoms with Crippen molar-refractivity contribution in [2.45, 2.75) is 39.2 Å². The van der Waals surface area contributed by atoms with Crippen LogP contribution in [0.5, 0.6) is 11.5 Å². The van der Waals surface area contributed by atoms with E-state index in [2.05, 4.69) is 36.2 Å². The molecule has 0 heterocycles. The summed E-state index contributed by atoms with van der Waals surface area (Å²) in [5.41, 5.74) is 1.25. The van der Waals surface area contributed by atoms with E-state index in [1.807, 2.05) is 13.0 Å². The first-order chi connectivity index (χ1) is 9.74. The molecule has 1 aromatic carbocycles. The van der Waals surface area contributed by atoms with Crippen LogP contribution in [0.2, 0.25) is 0 Å². The highest BCUT2D eigenvalue weighted by molar-refractivity contribution is 5.43. The van der Waals surface area contributed by atoms with E-state index in [9.17, 15) is 0 Å². The Morgan fingerprint density at radius 1 is 1.20 bits per heavy atom. The van der Waals surface area contributed by atoms with Crippen LogP contribution in [0.25, 0.3) is 0 Å². The van der Waals surface area contributed by atoms with Crippen LogP contribution in [0.3, 0.4) is 0 Å². The Labute approximate surface area is 122 Å². The fourth-order valence-corrected chi connectivity index (χ4v) is 2.23. The van der Waals surface area contributed by atoms with Crippen LogP contribution < -0.4 is 14.8 Å². The van der Waals surface area contributed by atoms with Crippen LogP contribution in [0.4, 0.5) is 0 Å². The van der Waals surface area contributed by atoms with Crippen molar-refractivity contribution in [2.75, 3.05) is 20.8 Å². The summed E-state index contributed by atoms with van der Waals surface area (Å²) in [6.07, 6.45) is 2.96. The lowest BCUT2D eigenvalue weighted by Crippen LogP contribution is -2.30. The lowest BCUT2D eigenvalue weighted by atomic mass is 10.0. The molecule has 3 heteroatoms. The second kappa shape index (κ2) is 9.28. The van der Waals surface area contributed by atoms with Crippen molar-refractivity contribution >= 4 is 0 Å². The zero-order chi connectivity index (χ0) is 14.8. The Morgan fingerprint density at radius 2 is 1.95 bits per heavy atom. The van der Waals surface area contributed by atoms with Crippen molar-refractivity contribution in [1.82, 2.24) is 5.32 Å². The number of ether oxygens (including phenoxy) is 2. The number of nitrogens with one attached hydrogen (secondary N) is 1. The van der Waals surface area contributed by atoms with Crippen molar-refractivity contribution in [3.8, 4) is 23.3 Å². The van der Waals surface area contributed by atoms with Gasteiger partial charge in [-0.3, -0.25) is 0 Å².